The summed E-state index contributed by atoms with van der Waals surface area (Å²) in [5, 5.41) is 7.41. The first-order valence-electron chi connectivity index (χ1n) is 9.83. The van der Waals surface area contributed by atoms with Crippen molar-refractivity contribution < 1.29 is 9.47 Å². The Hall–Kier alpha value is -2.28. The fraction of sp³-hybridized carbons (Fsp3) is 0.409. The van der Waals surface area contributed by atoms with Crippen LogP contribution < -0.4 is 15.4 Å². The third-order valence-corrected chi connectivity index (χ3v) is 5.22. The van der Waals surface area contributed by atoms with E-state index in [9.17, 15) is 0 Å². The van der Waals surface area contributed by atoms with Crippen molar-refractivity contribution in [1.82, 2.24) is 15.5 Å². The third kappa shape index (κ3) is 6.35. The maximum absolute atomic E-state index is 6.04. The molecule has 1 aliphatic rings. The summed E-state index contributed by atoms with van der Waals surface area (Å²) in [5.41, 5.74) is 3.62. The molecule has 1 heterocycles. The molecule has 0 bridgehead atoms. The van der Waals surface area contributed by atoms with E-state index >= 15 is 0 Å². The molecule has 0 spiro atoms. The topological polar surface area (TPSA) is 58.1 Å². The largest absolute Gasteiger partial charge is 0.496 e. The van der Waals surface area contributed by atoms with Crippen molar-refractivity contribution in [3.63, 3.8) is 0 Å². The number of benzene rings is 2. The lowest BCUT2D eigenvalue weighted by atomic mass is 10.1. The number of halogens is 1. The van der Waals surface area contributed by atoms with E-state index < -0.39 is 0 Å². The smallest absolute Gasteiger partial charge is 0.191 e. The van der Waals surface area contributed by atoms with Crippen LogP contribution in [0.3, 0.4) is 0 Å². The zero-order valence-electron chi connectivity index (χ0n) is 17.1. The minimum absolute atomic E-state index is 0.593. The lowest BCUT2D eigenvalue weighted by Gasteiger charge is -2.27. The number of rotatable bonds is 7. The fourth-order valence-electron chi connectivity index (χ4n) is 3.33. The molecule has 0 amide bonds. The van der Waals surface area contributed by atoms with E-state index in [1.54, 1.807) is 14.2 Å². The molecule has 156 valence electrons. The molecule has 2 aromatic carbocycles. The monoisotopic (exact) mass is 416 g/mol. The molecule has 29 heavy (non-hydrogen) atoms. The van der Waals surface area contributed by atoms with Crippen LogP contribution in [0.15, 0.2) is 47.5 Å². The van der Waals surface area contributed by atoms with Crippen molar-refractivity contribution in [1.29, 1.82) is 0 Å². The van der Waals surface area contributed by atoms with E-state index in [0.29, 0.717) is 18.1 Å². The van der Waals surface area contributed by atoms with Crippen LogP contribution in [-0.2, 0) is 24.4 Å². The summed E-state index contributed by atoms with van der Waals surface area (Å²) in [6.07, 6.45) is 0. The highest BCUT2D eigenvalue weighted by atomic mass is 35.5. The second kappa shape index (κ2) is 11.0. The summed E-state index contributed by atoms with van der Waals surface area (Å²) in [6.45, 7) is 5.82. The number of guanidine groups is 1. The van der Waals surface area contributed by atoms with Crippen LogP contribution in [0.1, 0.15) is 16.7 Å². The van der Waals surface area contributed by atoms with Crippen LogP contribution in [0.2, 0.25) is 5.02 Å². The van der Waals surface area contributed by atoms with Crippen LogP contribution >= 0.6 is 11.6 Å². The molecule has 6 nitrogen and oxygen atoms in total. The van der Waals surface area contributed by atoms with Crippen LogP contribution in [0.5, 0.6) is 5.75 Å². The number of methoxy groups -OCH3 is 1. The zero-order chi connectivity index (χ0) is 20.5. The minimum Gasteiger partial charge on any atom is -0.496 e. The Morgan fingerprint density at radius 3 is 2.45 bits per heavy atom. The number of morpholine rings is 1. The van der Waals surface area contributed by atoms with Gasteiger partial charge in [-0.25, -0.2) is 0 Å². The molecule has 1 saturated heterocycles. The average molecular weight is 417 g/mol. The van der Waals surface area contributed by atoms with E-state index in [1.165, 1.54) is 11.1 Å². The summed E-state index contributed by atoms with van der Waals surface area (Å²) in [4.78, 5) is 6.77. The van der Waals surface area contributed by atoms with Gasteiger partial charge in [0.15, 0.2) is 5.96 Å². The van der Waals surface area contributed by atoms with Gasteiger partial charge >= 0.3 is 0 Å². The van der Waals surface area contributed by atoms with Crippen molar-refractivity contribution >= 4 is 17.6 Å². The fourth-order valence-corrected chi connectivity index (χ4v) is 3.49. The van der Waals surface area contributed by atoms with Gasteiger partial charge in [0.05, 0.1) is 20.3 Å². The Balaban J connectivity index is 1.57. The molecule has 0 saturated carbocycles. The van der Waals surface area contributed by atoms with Crippen molar-refractivity contribution in [2.75, 3.05) is 40.5 Å². The summed E-state index contributed by atoms with van der Waals surface area (Å²) in [5.74, 6) is 1.50. The summed E-state index contributed by atoms with van der Waals surface area (Å²) >= 11 is 6.04. The Morgan fingerprint density at radius 1 is 1.07 bits per heavy atom. The molecule has 0 unspecified atom stereocenters. The molecule has 7 heteroatoms. The summed E-state index contributed by atoms with van der Waals surface area (Å²) in [6, 6.07) is 14.2. The number of aliphatic imine (C=N–C) groups is 1. The van der Waals surface area contributed by atoms with Crippen molar-refractivity contribution in [2.24, 2.45) is 4.99 Å². The molecule has 0 aromatic heterocycles. The molecule has 1 fully saturated rings. The van der Waals surface area contributed by atoms with Crippen LogP contribution in [0.4, 0.5) is 0 Å². The summed E-state index contributed by atoms with van der Waals surface area (Å²) < 4.78 is 10.9. The number of nitrogens with one attached hydrogen (secondary N) is 2. The highest BCUT2D eigenvalue weighted by Gasteiger charge is 2.13. The van der Waals surface area contributed by atoms with E-state index in [2.05, 4.69) is 44.8 Å². The number of ether oxygens (including phenoxy) is 2. The van der Waals surface area contributed by atoms with Gasteiger partial charge < -0.3 is 20.1 Å². The molecule has 0 radical (unpaired) electrons. The van der Waals surface area contributed by atoms with Crippen LogP contribution in [-0.4, -0.2) is 51.3 Å². The maximum atomic E-state index is 6.04. The number of hydrogen-bond donors (Lipinski definition) is 2. The van der Waals surface area contributed by atoms with Crippen LogP contribution in [0.25, 0.3) is 0 Å². The third-order valence-electron chi connectivity index (χ3n) is 4.98. The Morgan fingerprint density at radius 2 is 1.76 bits per heavy atom. The molecule has 2 aromatic rings. The maximum Gasteiger partial charge on any atom is 0.191 e. The predicted molar refractivity (Wildman–Crippen MR) is 118 cm³/mol. The number of nitrogens with zero attached hydrogens (tertiary/aromatic N) is 2. The van der Waals surface area contributed by atoms with Gasteiger partial charge in [0, 0.05) is 50.4 Å². The molecular formula is C22H29ClN4O2. The summed E-state index contributed by atoms with van der Waals surface area (Å²) in [7, 11) is 3.42. The Bertz CT molecular complexity index is 822. The van der Waals surface area contributed by atoms with Gasteiger partial charge in [-0.3, -0.25) is 9.89 Å². The van der Waals surface area contributed by atoms with Gasteiger partial charge in [-0.2, -0.15) is 0 Å². The van der Waals surface area contributed by atoms with Crippen LogP contribution in [0, 0.1) is 0 Å². The Kier molecular flexibility index (Phi) is 8.16. The molecule has 2 N–H and O–H groups in total. The van der Waals surface area contributed by atoms with E-state index in [0.717, 1.165) is 50.1 Å². The molecule has 0 atom stereocenters. The van der Waals surface area contributed by atoms with E-state index in [4.69, 9.17) is 21.1 Å². The first-order valence-corrected chi connectivity index (χ1v) is 10.2. The molecule has 0 aliphatic carbocycles. The predicted octanol–water partition coefficient (Wildman–Crippen LogP) is 3.05. The Labute approximate surface area is 177 Å². The van der Waals surface area contributed by atoms with Crippen molar-refractivity contribution in [3.05, 3.63) is 64.2 Å². The molecular weight excluding hydrogens is 388 g/mol. The van der Waals surface area contributed by atoms with Gasteiger partial charge in [-0.05, 0) is 23.3 Å². The standard InChI is InChI=1S/C22H29ClN4O2/c1-24-22(26-15-18-7-8-20(23)13-21(18)28-2)25-14-17-5-3-4-6-19(17)16-27-9-11-29-12-10-27/h3-8,13H,9-12,14-16H2,1-2H3,(H2,24,25,26). The van der Waals surface area contributed by atoms with E-state index in [1.807, 2.05) is 18.2 Å². The minimum atomic E-state index is 0.593. The zero-order valence-corrected chi connectivity index (χ0v) is 17.8. The quantitative estimate of drug-likeness (QED) is 0.536. The van der Waals surface area contributed by atoms with Crippen molar-refractivity contribution in [3.8, 4) is 5.75 Å². The van der Waals surface area contributed by atoms with E-state index in [-0.39, 0.29) is 0 Å². The second-order valence-corrected chi connectivity index (χ2v) is 7.33. The SMILES string of the molecule is CN=C(NCc1ccccc1CN1CCOCC1)NCc1ccc(Cl)cc1OC. The average Bonchev–Trinajstić information content (AvgIpc) is 2.76. The molecule has 1 aliphatic heterocycles. The van der Waals surface area contributed by atoms with Crippen molar-refractivity contribution in [2.45, 2.75) is 19.6 Å². The number of hydrogen-bond acceptors (Lipinski definition) is 4. The second-order valence-electron chi connectivity index (χ2n) is 6.89. The van der Waals surface area contributed by atoms with Gasteiger partial charge in [-0.15, -0.1) is 0 Å². The van der Waals surface area contributed by atoms with Gasteiger partial charge in [0.2, 0.25) is 0 Å². The highest BCUT2D eigenvalue weighted by molar-refractivity contribution is 6.30. The first kappa shape index (κ1) is 21.4. The lowest BCUT2D eigenvalue weighted by Crippen LogP contribution is -2.37. The first-order chi connectivity index (χ1) is 14.2. The van der Waals surface area contributed by atoms with Gasteiger partial charge in [0.25, 0.3) is 0 Å². The molecule has 3 rings (SSSR count). The lowest BCUT2D eigenvalue weighted by molar-refractivity contribution is 0.0341. The van der Waals surface area contributed by atoms with Gasteiger partial charge in [-0.1, -0.05) is 41.9 Å². The normalized spacial score (nSPS) is 15.2. The van der Waals surface area contributed by atoms with Gasteiger partial charge in [0.1, 0.15) is 5.75 Å². The highest BCUT2D eigenvalue weighted by Crippen LogP contribution is 2.22.